The third kappa shape index (κ3) is 5.63. The highest BCUT2D eigenvalue weighted by Gasteiger charge is 2.23. The first kappa shape index (κ1) is 18.5. The molecule has 1 N–H and O–H groups in total. The third-order valence-corrected chi connectivity index (χ3v) is 3.30. The van der Waals surface area contributed by atoms with Gasteiger partial charge >= 0.3 is 12.1 Å². The molecule has 0 aliphatic carbocycles. The molecule has 0 spiro atoms. The highest BCUT2D eigenvalue weighted by molar-refractivity contribution is 5.89. The molecule has 0 unspecified atom stereocenters. The molecule has 2 aromatic rings. The Balaban J connectivity index is 2.14. The number of esters is 1. The summed E-state index contributed by atoms with van der Waals surface area (Å²) >= 11 is 0. The Labute approximate surface area is 147 Å². The van der Waals surface area contributed by atoms with Crippen LogP contribution in [0.1, 0.15) is 42.5 Å². The van der Waals surface area contributed by atoms with Crippen molar-refractivity contribution < 1.29 is 19.1 Å². The predicted molar refractivity (Wildman–Crippen MR) is 91.9 cm³/mol. The van der Waals surface area contributed by atoms with Gasteiger partial charge in [0.1, 0.15) is 11.4 Å². The summed E-state index contributed by atoms with van der Waals surface area (Å²) in [5.74, 6) is 0.267. The van der Waals surface area contributed by atoms with Gasteiger partial charge in [0.05, 0.1) is 19.2 Å². The van der Waals surface area contributed by atoms with Gasteiger partial charge in [-0.15, -0.1) is 0 Å². The van der Waals surface area contributed by atoms with Gasteiger partial charge < -0.3 is 14.5 Å². The number of imidazole rings is 1. The second-order valence-corrected chi connectivity index (χ2v) is 6.56. The molecule has 0 aliphatic rings. The topological polar surface area (TPSA) is 84.5 Å². The molecule has 1 aromatic heterocycles. The van der Waals surface area contributed by atoms with Gasteiger partial charge in [-0.1, -0.05) is 12.1 Å². The summed E-state index contributed by atoms with van der Waals surface area (Å²) in [6.07, 6.45) is 2.91. The molecule has 134 valence electrons. The summed E-state index contributed by atoms with van der Waals surface area (Å²) in [6.45, 7) is 6.08. The van der Waals surface area contributed by atoms with Crippen LogP contribution in [0, 0.1) is 0 Å². The molecular formula is C18H23N3O4. The molecule has 25 heavy (non-hydrogen) atoms. The number of hydrogen-bond acceptors (Lipinski definition) is 5. The number of amides is 1. The van der Waals surface area contributed by atoms with Crippen LogP contribution in [-0.2, 0) is 22.6 Å². The minimum absolute atomic E-state index is 0.292. The van der Waals surface area contributed by atoms with Gasteiger partial charge in [0.25, 0.3) is 0 Å². The number of hydrogen-bond donors (Lipinski definition) is 1. The number of ether oxygens (including phenoxy) is 2. The van der Waals surface area contributed by atoms with Crippen molar-refractivity contribution in [3.63, 3.8) is 0 Å². The molecule has 0 bridgehead atoms. The number of carbonyl (C=O) groups excluding carboxylic acids is 2. The number of nitrogens with zero attached hydrogens (tertiary/aromatic N) is 2. The normalized spacial score (nSPS) is 11.0. The van der Waals surface area contributed by atoms with Crippen LogP contribution in [0.5, 0.6) is 0 Å². The number of aromatic amines is 1. The Hall–Kier alpha value is -2.83. The van der Waals surface area contributed by atoms with E-state index in [-0.39, 0.29) is 0 Å². The minimum Gasteiger partial charge on any atom is -0.465 e. The van der Waals surface area contributed by atoms with E-state index >= 15 is 0 Å². The molecule has 0 aliphatic heterocycles. The summed E-state index contributed by atoms with van der Waals surface area (Å²) < 4.78 is 10.2. The van der Waals surface area contributed by atoms with Gasteiger partial charge in [0.2, 0.25) is 0 Å². The zero-order chi connectivity index (χ0) is 18.4. The predicted octanol–water partition coefficient (Wildman–Crippen LogP) is 3.13. The highest BCUT2D eigenvalue weighted by atomic mass is 16.6. The van der Waals surface area contributed by atoms with Gasteiger partial charge in [0, 0.05) is 18.9 Å². The molecule has 0 saturated carbocycles. The van der Waals surface area contributed by atoms with Gasteiger partial charge in [-0.05, 0) is 38.5 Å². The molecule has 0 atom stereocenters. The number of methoxy groups -OCH3 is 1. The summed E-state index contributed by atoms with van der Waals surface area (Å²) in [5.41, 5.74) is 0.735. The van der Waals surface area contributed by atoms with Crippen molar-refractivity contribution in [2.45, 2.75) is 39.5 Å². The summed E-state index contributed by atoms with van der Waals surface area (Å²) in [7, 11) is 1.34. The lowest BCUT2D eigenvalue weighted by atomic mass is 10.1. The van der Waals surface area contributed by atoms with E-state index in [4.69, 9.17) is 4.74 Å². The van der Waals surface area contributed by atoms with Crippen molar-refractivity contribution in [1.29, 1.82) is 0 Å². The summed E-state index contributed by atoms with van der Waals surface area (Å²) in [6, 6.07) is 6.90. The second-order valence-electron chi connectivity index (χ2n) is 6.56. The standard InChI is InChI=1S/C18H23N3O4/c1-18(2,3)25-17(23)21(12-15-19-9-10-20-15)11-13-5-7-14(8-6-13)16(22)24-4/h5-10H,11-12H2,1-4H3,(H,19,20). The van der Waals surface area contributed by atoms with E-state index in [1.165, 1.54) is 7.11 Å². The first-order chi connectivity index (χ1) is 11.8. The molecule has 1 aromatic carbocycles. The van der Waals surface area contributed by atoms with Crippen LogP contribution in [0.4, 0.5) is 4.79 Å². The quantitative estimate of drug-likeness (QED) is 0.842. The van der Waals surface area contributed by atoms with Crippen molar-refractivity contribution in [3.05, 3.63) is 53.6 Å². The molecule has 0 saturated heterocycles. The molecular weight excluding hydrogens is 322 g/mol. The SMILES string of the molecule is COC(=O)c1ccc(CN(Cc2ncc[nH]2)C(=O)OC(C)(C)C)cc1. The van der Waals surface area contributed by atoms with E-state index in [1.54, 1.807) is 41.6 Å². The number of nitrogens with one attached hydrogen (secondary N) is 1. The van der Waals surface area contributed by atoms with E-state index in [0.29, 0.717) is 24.5 Å². The molecule has 2 rings (SSSR count). The monoisotopic (exact) mass is 345 g/mol. The van der Waals surface area contributed by atoms with E-state index in [2.05, 4.69) is 14.7 Å². The molecule has 7 heteroatoms. The molecule has 0 radical (unpaired) electrons. The summed E-state index contributed by atoms with van der Waals surface area (Å²) in [4.78, 5) is 32.7. The number of H-pyrrole nitrogens is 1. The van der Waals surface area contributed by atoms with Crippen LogP contribution in [0.2, 0.25) is 0 Å². The van der Waals surface area contributed by atoms with E-state index < -0.39 is 17.7 Å². The van der Waals surface area contributed by atoms with E-state index in [0.717, 1.165) is 5.56 Å². The van der Waals surface area contributed by atoms with Gasteiger partial charge in [-0.3, -0.25) is 4.90 Å². The van der Waals surface area contributed by atoms with Gasteiger partial charge in [0.15, 0.2) is 0 Å². The zero-order valence-electron chi connectivity index (χ0n) is 14.9. The van der Waals surface area contributed by atoms with Crippen molar-refractivity contribution in [3.8, 4) is 0 Å². The maximum Gasteiger partial charge on any atom is 0.410 e. The van der Waals surface area contributed by atoms with Crippen molar-refractivity contribution >= 4 is 12.1 Å². The first-order valence-electron chi connectivity index (χ1n) is 7.92. The lowest BCUT2D eigenvalue weighted by Gasteiger charge is -2.27. The van der Waals surface area contributed by atoms with Crippen LogP contribution >= 0.6 is 0 Å². The Morgan fingerprint density at radius 3 is 2.36 bits per heavy atom. The average Bonchev–Trinajstić information content (AvgIpc) is 3.05. The van der Waals surface area contributed by atoms with Crippen molar-refractivity contribution in [1.82, 2.24) is 14.9 Å². The van der Waals surface area contributed by atoms with Crippen LogP contribution in [0.3, 0.4) is 0 Å². The number of aromatic nitrogens is 2. The Kier molecular flexibility index (Phi) is 5.80. The average molecular weight is 345 g/mol. The van der Waals surface area contributed by atoms with Crippen LogP contribution in [0.15, 0.2) is 36.7 Å². The summed E-state index contributed by atoms with van der Waals surface area (Å²) in [5, 5.41) is 0. The Bertz CT molecular complexity index is 703. The van der Waals surface area contributed by atoms with Gasteiger partial charge in [-0.2, -0.15) is 0 Å². The zero-order valence-corrected chi connectivity index (χ0v) is 14.9. The molecule has 1 heterocycles. The number of carbonyl (C=O) groups is 2. The molecule has 1 amide bonds. The number of benzene rings is 1. The van der Waals surface area contributed by atoms with E-state index in [1.807, 2.05) is 20.8 Å². The van der Waals surface area contributed by atoms with Crippen LogP contribution in [-0.4, -0.2) is 39.6 Å². The fourth-order valence-electron chi connectivity index (χ4n) is 2.16. The van der Waals surface area contributed by atoms with Crippen LogP contribution in [0.25, 0.3) is 0 Å². The van der Waals surface area contributed by atoms with Gasteiger partial charge in [-0.25, -0.2) is 14.6 Å². The largest absolute Gasteiger partial charge is 0.465 e. The minimum atomic E-state index is -0.590. The lowest BCUT2D eigenvalue weighted by molar-refractivity contribution is 0.0211. The number of rotatable bonds is 5. The maximum absolute atomic E-state index is 12.5. The molecule has 7 nitrogen and oxygen atoms in total. The fourth-order valence-corrected chi connectivity index (χ4v) is 2.16. The van der Waals surface area contributed by atoms with E-state index in [9.17, 15) is 9.59 Å². The highest BCUT2D eigenvalue weighted by Crippen LogP contribution is 2.15. The Morgan fingerprint density at radius 1 is 1.16 bits per heavy atom. The maximum atomic E-state index is 12.5. The lowest BCUT2D eigenvalue weighted by Crippen LogP contribution is -2.36. The molecule has 0 fully saturated rings. The third-order valence-electron chi connectivity index (χ3n) is 3.30. The fraction of sp³-hybridized carbons (Fsp3) is 0.389. The van der Waals surface area contributed by atoms with Crippen LogP contribution < -0.4 is 0 Å². The second kappa shape index (κ2) is 7.83. The smallest absolute Gasteiger partial charge is 0.410 e. The van der Waals surface area contributed by atoms with Crippen molar-refractivity contribution in [2.75, 3.05) is 7.11 Å². The van der Waals surface area contributed by atoms with Crippen molar-refractivity contribution in [2.24, 2.45) is 0 Å². The first-order valence-corrected chi connectivity index (χ1v) is 7.92. The Morgan fingerprint density at radius 2 is 1.84 bits per heavy atom.